The van der Waals surface area contributed by atoms with Crippen LogP contribution >= 0.6 is 11.8 Å². The van der Waals surface area contributed by atoms with E-state index in [-0.39, 0.29) is 5.44 Å². The molecule has 4 heteroatoms. The monoisotopic (exact) mass is 597 g/mol. The molecular formula is C38H63NO2S. The minimum absolute atomic E-state index is 0.129. The van der Waals surface area contributed by atoms with Gasteiger partial charge in [0.2, 0.25) is 0 Å². The lowest BCUT2D eigenvalue weighted by atomic mass is 10.0. The second kappa shape index (κ2) is 27.2. The van der Waals surface area contributed by atoms with Crippen molar-refractivity contribution in [2.45, 2.75) is 140 Å². The first-order valence-corrected chi connectivity index (χ1v) is 18.5. The zero-order valence-electron chi connectivity index (χ0n) is 27.0. The Kier molecular flexibility index (Phi) is 23.9. The molecule has 0 radical (unpaired) electrons. The van der Waals surface area contributed by atoms with E-state index in [9.17, 15) is 0 Å². The smallest absolute Gasteiger partial charge is 0.108 e. The predicted molar refractivity (Wildman–Crippen MR) is 185 cm³/mol. The highest BCUT2D eigenvalue weighted by Crippen LogP contribution is 2.29. The van der Waals surface area contributed by atoms with Gasteiger partial charge in [-0.1, -0.05) is 164 Å². The Labute approximate surface area is 264 Å². The number of nitrogens with two attached hydrogens (primary N) is 1. The lowest BCUT2D eigenvalue weighted by Gasteiger charge is -2.27. The van der Waals surface area contributed by atoms with Gasteiger partial charge in [0.25, 0.3) is 0 Å². The normalized spacial score (nSPS) is 12.9. The van der Waals surface area contributed by atoms with Crippen molar-refractivity contribution < 1.29 is 9.47 Å². The van der Waals surface area contributed by atoms with Gasteiger partial charge >= 0.3 is 0 Å². The molecule has 0 heterocycles. The second-order valence-corrected chi connectivity index (χ2v) is 13.1. The van der Waals surface area contributed by atoms with Gasteiger partial charge in [0, 0.05) is 18.3 Å². The molecule has 0 saturated heterocycles. The quantitative estimate of drug-likeness (QED) is 0.0748. The largest absolute Gasteiger partial charge is 0.376 e. The average Bonchev–Trinajstić information content (AvgIpc) is 3.03. The summed E-state index contributed by atoms with van der Waals surface area (Å²) in [6.07, 6.45) is 24.3. The predicted octanol–water partition coefficient (Wildman–Crippen LogP) is 11.1. The molecule has 2 rings (SSSR count). The molecular weight excluding hydrogens is 534 g/mol. The lowest BCUT2D eigenvalue weighted by molar-refractivity contribution is 0.0119. The number of unbranched alkanes of at least 4 members (excludes halogenated alkanes) is 15. The molecule has 2 atom stereocenters. The van der Waals surface area contributed by atoms with Crippen LogP contribution in [0.1, 0.15) is 134 Å². The van der Waals surface area contributed by atoms with E-state index < -0.39 is 0 Å². The van der Waals surface area contributed by atoms with Crippen molar-refractivity contribution in [1.82, 2.24) is 0 Å². The molecule has 0 aliphatic rings. The molecule has 3 nitrogen and oxygen atoms in total. The van der Waals surface area contributed by atoms with Gasteiger partial charge in [-0.15, -0.1) is 11.8 Å². The van der Waals surface area contributed by atoms with Crippen LogP contribution in [0.15, 0.2) is 60.7 Å². The molecule has 2 aromatic rings. The SMILES string of the molecule is CCCCCCCCCCCCCCCCCCOC(SCc1ccccc1)C(CCCN)COCc1ccccc1. The van der Waals surface area contributed by atoms with E-state index in [1.807, 2.05) is 11.8 Å². The standard InChI is InChI=1S/C38H63NO2S/c1-2-3-4-5-6-7-8-9-10-11-12-13-14-15-16-23-31-41-38(42-34-36-27-21-18-22-28-36)37(29-24-30-39)33-40-32-35-25-19-17-20-26-35/h17-22,25-28,37-38H,2-16,23-24,29-34,39H2,1H3. The fraction of sp³-hybridized carbons (Fsp3) is 0.684. The van der Waals surface area contributed by atoms with Crippen LogP contribution in [0.5, 0.6) is 0 Å². The summed E-state index contributed by atoms with van der Waals surface area (Å²) < 4.78 is 12.8. The third-order valence-corrected chi connectivity index (χ3v) is 9.49. The summed E-state index contributed by atoms with van der Waals surface area (Å²) >= 11 is 1.92. The van der Waals surface area contributed by atoms with E-state index in [0.717, 1.165) is 31.6 Å². The van der Waals surface area contributed by atoms with Crippen LogP contribution in [0.25, 0.3) is 0 Å². The van der Waals surface area contributed by atoms with Crippen LogP contribution in [-0.4, -0.2) is 25.2 Å². The van der Waals surface area contributed by atoms with Crippen molar-refractivity contribution in [2.24, 2.45) is 11.7 Å². The van der Waals surface area contributed by atoms with E-state index in [0.29, 0.717) is 25.7 Å². The minimum Gasteiger partial charge on any atom is -0.376 e. The molecule has 0 amide bonds. The van der Waals surface area contributed by atoms with Crippen LogP contribution in [0.2, 0.25) is 0 Å². The van der Waals surface area contributed by atoms with Gasteiger partial charge in [0.1, 0.15) is 5.44 Å². The Bertz CT molecular complexity index is 818. The zero-order chi connectivity index (χ0) is 29.8. The van der Waals surface area contributed by atoms with Crippen molar-refractivity contribution in [3.63, 3.8) is 0 Å². The van der Waals surface area contributed by atoms with Crippen LogP contribution < -0.4 is 5.73 Å². The van der Waals surface area contributed by atoms with Crippen LogP contribution in [-0.2, 0) is 21.8 Å². The second-order valence-electron chi connectivity index (χ2n) is 12.0. The number of thioether (sulfide) groups is 1. The molecule has 0 spiro atoms. The molecule has 0 saturated carbocycles. The van der Waals surface area contributed by atoms with Crippen molar-refractivity contribution in [2.75, 3.05) is 19.8 Å². The third kappa shape index (κ3) is 19.8. The highest BCUT2D eigenvalue weighted by atomic mass is 32.2. The Morgan fingerprint density at radius 1 is 0.619 bits per heavy atom. The topological polar surface area (TPSA) is 44.5 Å². The average molecular weight is 598 g/mol. The highest BCUT2D eigenvalue weighted by Gasteiger charge is 2.23. The number of ether oxygens (including phenoxy) is 2. The Balaban J connectivity index is 1.62. The number of hydrogen-bond donors (Lipinski definition) is 1. The van der Waals surface area contributed by atoms with Gasteiger partial charge in [0.15, 0.2) is 0 Å². The fourth-order valence-corrected chi connectivity index (χ4v) is 6.73. The summed E-state index contributed by atoms with van der Waals surface area (Å²) in [5.74, 6) is 1.30. The Hall–Kier alpha value is -1.33. The van der Waals surface area contributed by atoms with Crippen LogP contribution in [0, 0.1) is 5.92 Å². The third-order valence-electron chi connectivity index (χ3n) is 8.14. The van der Waals surface area contributed by atoms with E-state index >= 15 is 0 Å². The van der Waals surface area contributed by atoms with E-state index in [1.165, 1.54) is 107 Å². The molecule has 2 aromatic carbocycles. The zero-order valence-corrected chi connectivity index (χ0v) is 27.8. The van der Waals surface area contributed by atoms with Crippen molar-refractivity contribution >= 4 is 11.8 Å². The van der Waals surface area contributed by atoms with Crippen molar-refractivity contribution in [1.29, 1.82) is 0 Å². The lowest BCUT2D eigenvalue weighted by Crippen LogP contribution is -2.27. The van der Waals surface area contributed by atoms with E-state index in [4.69, 9.17) is 15.2 Å². The molecule has 2 unspecified atom stereocenters. The summed E-state index contributed by atoms with van der Waals surface area (Å²) in [4.78, 5) is 0. The number of rotatable bonds is 29. The molecule has 238 valence electrons. The first-order valence-electron chi connectivity index (χ1n) is 17.4. The van der Waals surface area contributed by atoms with Crippen molar-refractivity contribution in [3.05, 3.63) is 71.8 Å². The maximum Gasteiger partial charge on any atom is 0.108 e. The molecule has 0 fully saturated rings. The fourth-order valence-electron chi connectivity index (χ4n) is 5.50. The minimum atomic E-state index is 0.129. The summed E-state index contributed by atoms with van der Waals surface area (Å²) in [5.41, 5.74) is 8.61. The van der Waals surface area contributed by atoms with E-state index in [1.54, 1.807) is 0 Å². The first kappa shape index (κ1) is 36.9. The Morgan fingerprint density at radius 3 is 1.64 bits per heavy atom. The van der Waals surface area contributed by atoms with Crippen molar-refractivity contribution in [3.8, 4) is 0 Å². The van der Waals surface area contributed by atoms with Gasteiger partial charge in [-0.05, 0) is 36.9 Å². The molecule has 0 bridgehead atoms. The highest BCUT2D eigenvalue weighted by molar-refractivity contribution is 7.99. The number of benzene rings is 2. The summed E-state index contributed by atoms with van der Waals surface area (Å²) in [7, 11) is 0. The van der Waals surface area contributed by atoms with Crippen LogP contribution in [0.4, 0.5) is 0 Å². The summed E-state index contributed by atoms with van der Waals surface area (Å²) in [6, 6.07) is 21.2. The maximum atomic E-state index is 6.59. The van der Waals surface area contributed by atoms with E-state index in [2.05, 4.69) is 67.6 Å². The molecule has 2 N–H and O–H groups in total. The molecule has 0 aromatic heterocycles. The first-order chi connectivity index (χ1) is 20.8. The molecule has 0 aliphatic carbocycles. The van der Waals surface area contributed by atoms with Gasteiger partial charge in [-0.2, -0.15) is 0 Å². The van der Waals surface area contributed by atoms with Gasteiger partial charge in [0.05, 0.1) is 13.2 Å². The van der Waals surface area contributed by atoms with Gasteiger partial charge in [-0.25, -0.2) is 0 Å². The van der Waals surface area contributed by atoms with Gasteiger partial charge in [-0.3, -0.25) is 0 Å². The molecule has 42 heavy (non-hydrogen) atoms. The summed E-state index contributed by atoms with van der Waals surface area (Å²) in [5, 5.41) is 0. The maximum absolute atomic E-state index is 6.59. The summed E-state index contributed by atoms with van der Waals surface area (Å²) in [6.45, 7) is 5.20. The Morgan fingerprint density at radius 2 is 1.12 bits per heavy atom. The van der Waals surface area contributed by atoms with Gasteiger partial charge < -0.3 is 15.2 Å². The molecule has 0 aliphatic heterocycles. The van der Waals surface area contributed by atoms with Crippen LogP contribution in [0.3, 0.4) is 0 Å². The number of hydrogen-bond acceptors (Lipinski definition) is 4.